The Kier molecular flexibility index (Phi) is 5.23. The molecule has 0 amide bonds. The molecule has 0 saturated heterocycles. The molecule has 0 aliphatic rings. The molecule has 2 aromatic carbocycles. The van der Waals surface area contributed by atoms with Gasteiger partial charge in [-0.05, 0) is 18.6 Å². The van der Waals surface area contributed by atoms with Crippen molar-refractivity contribution in [1.82, 2.24) is 4.83 Å². The van der Waals surface area contributed by atoms with Crippen LogP contribution in [0.2, 0.25) is 0 Å². The monoisotopic (exact) mass is 334 g/mol. The average Bonchev–Trinajstić information content (AvgIpc) is 2.50. The molecule has 6 nitrogen and oxygen atoms in total. The third-order valence-corrected chi connectivity index (χ3v) is 4.37. The highest BCUT2D eigenvalue weighted by Crippen LogP contribution is 2.25. The van der Waals surface area contributed by atoms with Crippen LogP contribution in [0.15, 0.2) is 53.6 Å². The number of phenolic OH excluding ortho intramolecular Hbond substituents is 2. The van der Waals surface area contributed by atoms with Crippen molar-refractivity contribution in [1.29, 1.82) is 0 Å². The topological polar surface area (TPSA) is 99.0 Å². The second-order valence-electron chi connectivity index (χ2n) is 4.94. The molecule has 3 N–H and O–H groups in total. The van der Waals surface area contributed by atoms with E-state index in [1.165, 1.54) is 18.2 Å². The van der Waals surface area contributed by atoms with E-state index < -0.39 is 10.0 Å². The van der Waals surface area contributed by atoms with E-state index in [1.54, 1.807) is 31.2 Å². The summed E-state index contributed by atoms with van der Waals surface area (Å²) in [6, 6.07) is 12.9. The Morgan fingerprint density at radius 2 is 1.83 bits per heavy atom. The number of nitrogens with one attached hydrogen (secondary N) is 1. The molecule has 0 aliphatic carbocycles. The van der Waals surface area contributed by atoms with Crippen LogP contribution in [0.4, 0.5) is 0 Å². The number of hydrogen-bond acceptors (Lipinski definition) is 5. The molecule has 0 aromatic heterocycles. The van der Waals surface area contributed by atoms with Gasteiger partial charge >= 0.3 is 0 Å². The summed E-state index contributed by atoms with van der Waals surface area (Å²) in [7, 11) is -3.53. The Balaban J connectivity index is 2.49. The van der Waals surface area contributed by atoms with E-state index in [4.69, 9.17) is 0 Å². The molecule has 2 aromatic rings. The maximum atomic E-state index is 11.8. The van der Waals surface area contributed by atoms with Crippen molar-refractivity contribution in [2.24, 2.45) is 5.10 Å². The van der Waals surface area contributed by atoms with Crippen LogP contribution in [-0.2, 0) is 10.0 Å². The number of phenols is 2. The predicted octanol–water partition coefficient (Wildman–Crippen LogP) is 2.18. The van der Waals surface area contributed by atoms with E-state index in [-0.39, 0.29) is 23.0 Å². The van der Waals surface area contributed by atoms with E-state index in [0.717, 1.165) is 0 Å². The van der Waals surface area contributed by atoms with Crippen LogP contribution in [0.5, 0.6) is 11.5 Å². The molecule has 0 unspecified atom stereocenters. The second-order valence-corrected chi connectivity index (χ2v) is 6.76. The number of benzene rings is 2. The van der Waals surface area contributed by atoms with E-state index in [9.17, 15) is 18.6 Å². The van der Waals surface area contributed by atoms with Crippen molar-refractivity contribution in [3.05, 3.63) is 59.7 Å². The van der Waals surface area contributed by atoms with Crippen molar-refractivity contribution in [3.8, 4) is 11.5 Å². The van der Waals surface area contributed by atoms with Crippen molar-refractivity contribution >= 4 is 15.7 Å². The van der Waals surface area contributed by atoms with Crippen molar-refractivity contribution in [3.63, 3.8) is 0 Å². The molecular weight excluding hydrogens is 316 g/mol. The van der Waals surface area contributed by atoms with E-state index in [2.05, 4.69) is 9.93 Å². The maximum absolute atomic E-state index is 11.8. The highest BCUT2D eigenvalue weighted by molar-refractivity contribution is 7.89. The molecule has 122 valence electrons. The highest BCUT2D eigenvalue weighted by atomic mass is 32.2. The zero-order valence-corrected chi connectivity index (χ0v) is 13.4. The SMILES string of the molecule is CCCS(=O)(=O)N/N=C(/c1ccccc1)c1ccc(O)cc1O. The smallest absolute Gasteiger partial charge is 0.247 e. The summed E-state index contributed by atoms with van der Waals surface area (Å²) in [5.74, 6) is -0.326. The molecule has 0 fully saturated rings. The van der Waals surface area contributed by atoms with E-state index in [0.29, 0.717) is 17.5 Å². The quantitative estimate of drug-likeness (QED) is 0.557. The van der Waals surface area contributed by atoms with Crippen LogP contribution >= 0.6 is 0 Å². The lowest BCUT2D eigenvalue weighted by Crippen LogP contribution is -2.23. The molecule has 2 rings (SSSR count). The van der Waals surface area contributed by atoms with E-state index >= 15 is 0 Å². The first-order valence-corrected chi connectivity index (χ1v) is 8.73. The number of hydrogen-bond donors (Lipinski definition) is 3. The maximum Gasteiger partial charge on any atom is 0.247 e. The minimum absolute atomic E-state index is 0.0415. The fourth-order valence-corrected chi connectivity index (χ4v) is 2.89. The predicted molar refractivity (Wildman–Crippen MR) is 89.1 cm³/mol. The lowest BCUT2D eigenvalue weighted by molar-refractivity contribution is 0.450. The molecule has 0 radical (unpaired) electrons. The number of sulfonamides is 1. The summed E-state index contributed by atoms with van der Waals surface area (Å²) < 4.78 is 23.6. The average molecular weight is 334 g/mol. The number of hydrazone groups is 1. The van der Waals surface area contributed by atoms with E-state index in [1.807, 2.05) is 6.07 Å². The third-order valence-electron chi connectivity index (χ3n) is 3.05. The van der Waals surface area contributed by atoms with Crippen molar-refractivity contribution in [2.75, 3.05) is 5.75 Å². The van der Waals surface area contributed by atoms with Gasteiger partial charge in [-0.15, -0.1) is 0 Å². The Morgan fingerprint density at radius 1 is 1.13 bits per heavy atom. The van der Waals surface area contributed by atoms with Gasteiger partial charge in [0.15, 0.2) is 0 Å². The molecule has 0 bridgehead atoms. The Morgan fingerprint density at radius 3 is 2.43 bits per heavy atom. The molecule has 0 aliphatic heterocycles. The summed E-state index contributed by atoms with van der Waals surface area (Å²) in [5.41, 5.74) is 1.21. The van der Waals surface area contributed by atoms with Crippen LogP contribution in [-0.4, -0.2) is 30.1 Å². The molecule has 0 spiro atoms. The fourth-order valence-electron chi connectivity index (χ4n) is 2.03. The van der Waals surface area contributed by atoms with Gasteiger partial charge in [0, 0.05) is 17.2 Å². The van der Waals surface area contributed by atoms with Gasteiger partial charge in [-0.3, -0.25) is 0 Å². The standard InChI is InChI=1S/C16H18N2O4S/c1-2-10-23(21,22)18-17-16(12-6-4-3-5-7-12)14-9-8-13(19)11-15(14)20/h3-9,11,18-20H,2,10H2,1H3/b17-16-. The molecular formula is C16H18N2O4S. The van der Waals surface area contributed by atoms with Gasteiger partial charge in [-0.25, -0.2) is 13.2 Å². The molecule has 7 heteroatoms. The summed E-state index contributed by atoms with van der Waals surface area (Å²) in [6.07, 6.45) is 0.468. The second kappa shape index (κ2) is 7.15. The largest absolute Gasteiger partial charge is 0.508 e. The normalized spacial score (nSPS) is 12.1. The number of aromatic hydroxyl groups is 2. The fraction of sp³-hybridized carbons (Fsp3) is 0.188. The first-order chi connectivity index (χ1) is 10.9. The molecule has 23 heavy (non-hydrogen) atoms. The van der Waals surface area contributed by atoms with Gasteiger partial charge in [-0.2, -0.15) is 5.10 Å². The lowest BCUT2D eigenvalue weighted by atomic mass is 10.0. The Bertz CT molecular complexity index is 802. The van der Waals surface area contributed by atoms with Gasteiger partial charge in [0.1, 0.15) is 17.2 Å². The Labute approximate surface area is 135 Å². The molecule has 0 atom stereocenters. The highest BCUT2D eigenvalue weighted by Gasteiger charge is 2.14. The molecule has 0 saturated carbocycles. The van der Waals surface area contributed by atoms with Crippen LogP contribution in [0.1, 0.15) is 24.5 Å². The molecule has 0 heterocycles. The minimum atomic E-state index is -3.53. The minimum Gasteiger partial charge on any atom is -0.508 e. The summed E-state index contributed by atoms with van der Waals surface area (Å²) in [5, 5.41) is 23.4. The lowest BCUT2D eigenvalue weighted by Gasteiger charge is -2.10. The van der Waals surface area contributed by atoms with Gasteiger partial charge in [-0.1, -0.05) is 37.3 Å². The van der Waals surface area contributed by atoms with Gasteiger partial charge in [0.05, 0.1) is 5.75 Å². The summed E-state index contributed by atoms with van der Waals surface area (Å²) in [6.45, 7) is 1.76. The number of rotatable bonds is 6. The number of nitrogens with zero attached hydrogens (tertiary/aromatic N) is 1. The summed E-state index contributed by atoms with van der Waals surface area (Å²) >= 11 is 0. The zero-order chi connectivity index (χ0) is 16.9. The van der Waals surface area contributed by atoms with Crippen LogP contribution in [0.25, 0.3) is 0 Å². The van der Waals surface area contributed by atoms with Crippen molar-refractivity contribution in [2.45, 2.75) is 13.3 Å². The first kappa shape index (κ1) is 16.8. The van der Waals surface area contributed by atoms with Gasteiger partial charge in [0.25, 0.3) is 0 Å². The van der Waals surface area contributed by atoms with Gasteiger partial charge < -0.3 is 10.2 Å². The van der Waals surface area contributed by atoms with Crippen LogP contribution < -0.4 is 4.83 Å². The zero-order valence-electron chi connectivity index (χ0n) is 12.6. The first-order valence-electron chi connectivity index (χ1n) is 7.08. The third kappa shape index (κ3) is 4.46. The van der Waals surface area contributed by atoms with Gasteiger partial charge in [0.2, 0.25) is 10.0 Å². The Hall–Kier alpha value is -2.54. The summed E-state index contributed by atoms with van der Waals surface area (Å²) in [4.78, 5) is 2.19. The van der Waals surface area contributed by atoms with Crippen LogP contribution in [0, 0.1) is 0 Å². The van der Waals surface area contributed by atoms with Crippen LogP contribution in [0.3, 0.4) is 0 Å². The van der Waals surface area contributed by atoms with Crippen molar-refractivity contribution < 1.29 is 18.6 Å².